The van der Waals surface area contributed by atoms with Crippen LogP contribution in [0.25, 0.3) is 0 Å². The van der Waals surface area contributed by atoms with Gasteiger partial charge in [-0.25, -0.2) is 8.42 Å². The third kappa shape index (κ3) is 6.62. The zero-order valence-corrected chi connectivity index (χ0v) is 9.31. The van der Waals surface area contributed by atoms with Gasteiger partial charge in [0.1, 0.15) is 6.54 Å². The Morgan fingerprint density at radius 1 is 1.38 bits per heavy atom. The van der Waals surface area contributed by atoms with Gasteiger partial charge in [0.2, 0.25) is 10.0 Å². The summed E-state index contributed by atoms with van der Waals surface area (Å²) in [4.78, 5) is 10.1. The summed E-state index contributed by atoms with van der Waals surface area (Å²) in [6, 6.07) is 0. The van der Waals surface area contributed by atoms with Crippen LogP contribution in [0.5, 0.6) is 0 Å². The summed E-state index contributed by atoms with van der Waals surface area (Å²) >= 11 is 0. The molecule has 16 heavy (non-hydrogen) atoms. The number of hydrogen-bond donors (Lipinski definition) is 1. The zero-order chi connectivity index (χ0) is 13.0. The van der Waals surface area contributed by atoms with Crippen LogP contribution in [0.4, 0.5) is 13.2 Å². The molecule has 0 aliphatic carbocycles. The third-order valence-electron chi connectivity index (χ3n) is 1.67. The van der Waals surface area contributed by atoms with Gasteiger partial charge in [0.25, 0.3) is 0 Å². The van der Waals surface area contributed by atoms with Gasteiger partial charge in [0, 0.05) is 13.5 Å². The predicted octanol–water partition coefficient (Wildman–Crippen LogP) is 0.675. The molecule has 96 valence electrons. The number of carboxylic acid groups (broad SMARTS) is 1. The minimum atomic E-state index is -4.60. The molecule has 0 fully saturated rings. The second-order valence-corrected chi connectivity index (χ2v) is 5.38. The lowest BCUT2D eigenvalue weighted by Gasteiger charge is -2.18. The van der Waals surface area contributed by atoms with E-state index in [1.165, 1.54) is 0 Å². The SMILES string of the molecule is CN(CC(F)(F)F)S(=O)(=O)CCCC(=O)O. The van der Waals surface area contributed by atoms with E-state index >= 15 is 0 Å². The molecule has 0 saturated carbocycles. The highest BCUT2D eigenvalue weighted by Gasteiger charge is 2.33. The van der Waals surface area contributed by atoms with Gasteiger partial charge < -0.3 is 5.11 Å². The van der Waals surface area contributed by atoms with Gasteiger partial charge in [-0.15, -0.1) is 0 Å². The molecule has 0 aliphatic rings. The van der Waals surface area contributed by atoms with Crippen molar-refractivity contribution in [3.05, 3.63) is 0 Å². The minimum absolute atomic E-state index is 0.175. The molecule has 0 aromatic carbocycles. The van der Waals surface area contributed by atoms with E-state index in [9.17, 15) is 26.4 Å². The molecule has 0 aromatic rings. The van der Waals surface area contributed by atoms with E-state index in [0.29, 0.717) is 0 Å². The van der Waals surface area contributed by atoms with Gasteiger partial charge in [0.05, 0.1) is 5.75 Å². The van der Waals surface area contributed by atoms with E-state index in [4.69, 9.17) is 5.11 Å². The number of carbonyl (C=O) groups is 1. The molecule has 0 aromatic heterocycles. The van der Waals surface area contributed by atoms with Crippen LogP contribution in [0.2, 0.25) is 0 Å². The first-order valence-corrected chi connectivity index (χ1v) is 5.88. The van der Waals surface area contributed by atoms with Gasteiger partial charge in [-0.1, -0.05) is 0 Å². The Bertz CT molecular complexity index is 338. The molecule has 0 atom stereocenters. The molecular weight excluding hydrogens is 251 g/mol. The average Bonchev–Trinajstić information content (AvgIpc) is 1.99. The van der Waals surface area contributed by atoms with Gasteiger partial charge in [-0.05, 0) is 6.42 Å². The first-order chi connectivity index (χ1) is 7.04. The number of carboxylic acids is 1. The summed E-state index contributed by atoms with van der Waals surface area (Å²) in [7, 11) is -3.23. The summed E-state index contributed by atoms with van der Waals surface area (Å²) in [5.74, 6) is -1.79. The molecule has 1 N–H and O–H groups in total. The van der Waals surface area contributed by atoms with Crippen LogP contribution < -0.4 is 0 Å². The summed E-state index contributed by atoms with van der Waals surface area (Å²) in [6.45, 7) is -1.57. The molecule has 0 spiro atoms. The number of aliphatic carboxylic acids is 1. The highest BCUT2D eigenvalue weighted by Crippen LogP contribution is 2.17. The molecule has 0 radical (unpaired) electrons. The number of alkyl halides is 3. The van der Waals surface area contributed by atoms with E-state index in [2.05, 4.69) is 0 Å². The Kier molecular flexibility index (Phi) is 5.20. The minimum Gasteiger partial charge on any atom is -0.481 e. The lowest BCUT2D eigenvalue weighted by atomic mass is 10.3. The van der Waals surface area contributed by atoms with Crippen molar-refractivity contribution in [3.8, 4) is 0 Å². The van der Waals surface area contributed by atoms with Crippen LogP contribution in [0.3, 0.4) is 0 Å². The molecule has 0 heterocycles. The molecule has 9 heteroatoms. The maximum atomic E-state index is 11.9. The van der Waals surface area contributed by atoms with Crippen molar-refractivity contribution in [1.82, 2.24) is 4.31 Å². The monoisotopic (exact) mass is 263 g/mol. The van der Waals surface area contributed by atoms with E-state index in [1.807, 2.05) is 0 Å². The van der Waals surface area contributed by atoms with Crippen molar-refractivity contribution in [2.45, 2.75) is 19.0 Å². The lowest BCUT2D eigenvalue weighted by molar-refractivity contribution is -0.137. The summed E-state index contributed by atoms with van der Waals surface area (Å²) in [5.41, 5.74) is 0. The average molecular weight is 263 g/mol. The van der Waals surface area contributed by atoms with Crippen molar-refractivity contribution in [3.63, 3.8) is 0 Å². The van der Waals surface area contributed by atoms with Crippen molar-refractivity contribution in [2.75, 3.05) is 19.3 Å². The van der Waals surface area contributed by atoms with E-state index in [0.717, 1.165) is 7.05 Å². The fourth-order valence-corrected chi connectivity index (χ4v) is 2.08. The van der Waals surface area contributed by atoms with Crippen LogP contribution in [-0.4, -0.2) is 49.3 Å². The maximum absolute atomic E-state index is 11.9. The molecule has 0 unspecified atom stereocenters. The molecule has 0 rings (SSSR count). The number of rotatable bonds is 6. The summed E-state index contributed by atoms with van der Waals surface area (Å²) in [5, 5.41) is 8.25. The summed E-state index contributed by atoms with van der Waals surface area (Å²) in [6.07, 6.45) is -5.20. The van der Waals surface area contributed by atoms with Crippen molar-refractivity contribution >= 4 is 16.0 Å². The molecule has 0 bridgehead atoms. The molecule has 5 nitrogen and oxygen atoms in total. The number of nitrogens with zero attached hydrogens (tertiary/aromatic N) is 1. The molecule has 0 saturated heterocycles. The Morgan fingerprint density at radius 3 is 2.25 bits per heavy atom. The van der Waals surface area contributed by atoms with Crippen LogP contribution >= 0.6 is 0 Å². The smallest absolute Gasteiger partial charge is 0.402 e. The Balaban J connectivity index is 4.27. The second kappa shape index (κ2) is 5.48. The normalized spacial score (nSPS) is 13.1. The Morgan fingerprint density at radius 2 is 1.88 bits per heavy atom. The van der Waals surface area contributed by atoms with Crippen LogP contribution in [0.15, 0.2) is 0 Å². The van der Waals surface area contributed by atoms with Crippen LogP contribution in [0, 0.1) is 0 Å². The van der Waals surface area contributed by atoms with Gasteiger partial charge in [-0.2, -0.15) is 17.5 Å². The van der Waals surface area contributed by atoms with E-state index in [1.54, 1.807) is 0 Å². The van der Waals surface area contributed by atoms with Gasteiger partial charge in [0.15, 0.2) is 0 Å². The Hall–Kier alpha value is -0.830. The van der Waals surface area contributed by atoms with E-state index in [-0.39, 0.29) is 17.1 Å². The van der Waals surface area contributed by atoms with Crippen LogP contribution in [0.1, 0.15) is 12.8 Å². The topological polar surface area (TPSA) is 74.7 Å². The Labute approximate surface area is 90.9 Å². The first-order valence-electron chi connectivity index (χ1n) is 4.27. The standard InChI is InChI=1S/C7H12F3NO4S/c1-11(5-7(8,9)10)16(14,15)4-2-3-6(12)13/h2-5H2,1H3,(H,12,13). The number of hydrogen-bond acceptors (Lipinski definition) is 3. The van der Waals surface area contributed by atoms with Crippen molar-refractivity contribution in [2.24, 2.45) is 0 Å². The predicted molar refractivity (Wildman–Crippen MR) is 49.3 cm³/mol. The largest absolute Gasteiger partial charge is 0.481 e. The molecular formula is C7H12F3NO4S. The fraction of sp³-hybridized carbons (Fsp3) is 0.857. The van der Waals surface area contributed by atoms with Crippen molar-refractivity contribution < 1.29 is 31.5 Å². The first kappa shape index (κ1) is 15.2. The molecule has 0 amide bonds. The van der Waals surface area contributed by atoms with Crippen LogP contribution in [-0.2, 0) is 14.8 Å². The molecule has 0 aliphatic heterocycles. The van der Waals surface area contributed by atoms with Gasteiger partial charge in [-0.3, -0.25) is 4.79 Å². The van der Waals surface area contributed by atoms with Crippen molar-refractivity contribution in [1.29, 1.82) is 0 Å². The summed E-state index contributed by atoms with van der Waals surface area (Å²) < 4.78 is 58.3. The lowest BCUT2D eigenvalue weighted by Crippen LogP contribution is -2.37. The quantitative estimate of drug-likeness (QED) is 0.764. The number of halogens is 3. The van der Waals surface area contributed by atoms with E-state index < -0.39 is 34.5 Å². The zero-order valence-electron chi connectivity index (χ0n) is 8.49. The second-order valence-electron chi connectivity index (χ2n) is 3.18. The third-order valence-corrected chi connectivity index (χ3v) is 3.55. The number of sulfonamides is 1. The highest BCUT2D eigenvalue weighted by atomic mass is 32.2. The highest BCUT2D eigenvalue weighted by molar-refractivity contribution is 7.89. The van der Waals surface area contributed by atoms with Gasteiger partial charge >= 0.3 is 12.1 Å². The maximum Gasteiger partial charge on any atom is 0.402 e. The fourth-order valence-electron chi connectivity index (χ4n) is 0.912.